The Morgan fingerprint density at radius 2 is 2.04 bits per heavy atom. The van der Waals surface area contributed by atoms with Crippen LogP contribution in [-0.2, 0) is 9.53 Å². The Balaban J connectivity index is 1.52. The van der Waals surface area contributed by atoms with Crippen molar-refractivity contribution >= 4 is 29.0 Å². The minimum absolute atomic E-state index is 0.116. The summed E-state index contributed by atoms with van der Waals surface area (Å²) in [6.07, 6.45) is 1.64. The zero-order valence-corrected chi connectivity index (χ0v) is 13.8. The Bertz CT molecular complexity index is 688. The standard InChI is InChI=1S/C17H18ClN3O3/c18-14-3-1-2-4-15(14)24-12-17(22)20-13-5-6-16(19-11-13)21-7-9-23-10-8-21/h1-6,11H,7-10,12H2,(H,20,22). The molecule has 3 rings (SSSR count). The van der Waals surface area contributed by atoms with Gasteiger partial charge in [0.25, 0.3) is 5.91 Å². The minimum atomic E-state index is -0.268. The molecule has 1 aromatic carbocycles. The van der Waals surface area contributed by atoms with E-state index in [0.29, 0.717) is 29.7 Å². The molecule has 1 saturated heterocycles. The smallest absolute Gasteiger partial charge is 0.262 e. The number of hydrogen-bond acceptors (Lipinski definition) is 5. The van der Waals surface area contributed by atoms with Crippen LogP contribution in [0.1, 0.15) is 0 Å². The van der Waals surface area contributed by atoms with Gasteiger partial charge in [0.2, 0.25) is 0 Å². The molecule has 1 N–H and O–H groups in total. The van der Waals surface area contributed by atoms with Crippen molar-refractivity contribution in [1.82, 2.24) is 4.98 Å². The normalized spacial score (nSPS) is 14.3. The number of aromatic nitrogens is 1. The molecule has 2 heterocycles. The molecule has 0 atom stereocenters. The molecule has 0 unspecified atom stereocenters. The quantitative estimate of drug-likeness (QED) is 0.900. The maximum Gasteiger partial charge on any atom is 0.262 e. The van der Waals surface area contributed by atoms with E-state index in [1.165, 1.54) is 0 Å². The van der Waals surface area contributed by atoms with E-state index in [2.05, 4.69) is 15.2 Å². The Morgan fingerprint density at radius 1 is 1.25 bits per heavy atom. The third kappa shape index (κ3) is 4.37. The average Bonchev–Trinajstić information content (AvgIpc) is 2.62. The van der Waals surface area contributed by atoms with E-state index in [9.17, 15) is 4.79 Å². The van der Waals surface area contributed by atoms with Gasteiger partial charge in [-0.1, -0.05) is 23.7 Å². The monoisotopic (exact) mass is 347 g/mol. The summed E-state index contributed by atoms with van der Waals surface area (Å²) >= 11 is 5.98. The molecule has 1 aliphatic heterocycles. The summed E-state index contributed by atoms with van der Waals surface area (Å²) in [5, 5.41) is 3.22. The maximum atomic E-state index is 11.9. The SMILES string of the molecule is O=C(COc1ccccc1Cl)Nc1ccc(N2CCOCC2)nc1. The van der Waals surface area contributed by atoms with E-state index in [4.69, 9.17) is 21.1 Å². The summed E-state index contributed by atoms with van der Waals surface area (Å²) in [5.41, 5.74) is 0.625. The van der Waals surface area contributed by atoms with Crippen LogP contribution in [0.4, 0.5) is 11.5 Å². The molecule has 1 amide bonds. The summed E-state index contributed by atoms with van der Waals surface area (Å²) in [6, 6.07) is 10.7. The number of para-hydroxylation sites is 1. The highest BCUT2D eigenvalue weighted by molar-refractivity contribution is 6.32. The molecular weight excluding hydrogens is 330 g/mol. The fraction of sp³-hybridized carbons (Fsp3) is 0.294. The van der Waals surface area contributed by atoms with Crippen LogP contribution >= 0.6 is 11.6 Å². The fourth-order valence-corrected chi connectivity index (χ4v) is 2.53. The van der Waals surface area contributed by atoms with Crippen LogP contribution in [0, 0.1) is 0 Å². The summed E-state index contributed by atoms with van der Waals surface area (Å²) in [5.74, 6) is 1.09. The van der Waals surface area contributed by atoms with E-state index in [1.807, 2.05) is 12.1 Å². The molecule has 1 fully saturated rings. The molecule has 1 aromatic heterocycles. The van der Waals surface area contributed by atoms with Gasteiger partial charge in [-0.05, 0) is 24.3 Å². The Labute approximate surface area is 145 Å². The van der Waals surface area contributed by atoms with Gasteiger partial charge in [0.1, 0.15) is 11.6 Å². The third-order valence-electron chi connectivity index (χ3n) is 3.56. The lowest BCUT2D eigenvalue weighted by atomic mass is 10.3. The topological polar surface area (TPSA) is 63.7 Å². The van der Waals surface area contributed by atoms with Crippen LogP contribution in [0.25, 0.3) is 0 Å². The van der Waals surface area contributed by atoms with Crippen LogP contribution in [-0.4, -0.2) is 43.8 Å². The van der Waals surface area contributed by atoms with Gasteiger partial charge in [-0.3, -0.25) is 4.79 Å². The van der Waals surface area contributed by atoms with Gasteiger partial charge < -0.3 is 19.7 Å². The van der Waals surface area contributed by atoms with Crippen molar-refractivity contribution in [2.75, 3.05) is 43.1 Å². The lowest BCUT2D eigenvalue weighted by molar-refractivity contribution is -0.118. The molecule has 0 radical (unpaired) electrons. The Kier molecular flexibility index (Phi) is 5.51. The number of rotatable bonds is 5. The molecule has 0 bridgehead atoms. The number of pyridine rings is 1. The highest BCUT2D eigenvalue weighted by Crippen LogP contribution is 2.23. The van der Waals surface area contributed by atoms with Crippen molar-refractivity contribution in [1.29, 1.82) is 0 Å². The molecular formula is C17H18ClN3O3. The van der Waals surface area contributed by atoms with Gasteiger partial charge in [0, 0.05) is 13.1 Å². The molecule has 0 spiro atoms. The van der Waals surface area contributed by atoms with Gasteiger partial charge in [-0.2, -0.15) is 0 Å². The molecule has 6 nitrogen and oxygen atoms in total. The van der Waals surface area contributed by atoms with Crippen LogP contribution in [0.2, 0.25) is 5.02 Å². The van der Waals surface area contributed by atoms with Gasteiger partial charge in [-0.15, -0.1) is 0 Å². The van der Waals surface area contributed by atoms with Crippen molar-refractivity contribution in [3.8, 4) is 5.75 Å². The second-order valence-corrected chi connectivity index (χ2v) is 5.68. The van der Waals surface area contributed by atoms with Crippen LogP contribution < -0.4 is 15.0 Å². The molecule has 0 aliphatic carbocycles. The van der Waals surface area contributed by atoms with Crippen LogP contribution in [0.5, 0.6) is 5.75 Å². The van der Waals surface area contributed by atoms with E-state index >= 15 is 0 Å². The molecule has 126 valence electrons. The minimum Gasteiger partial charge on any atom is -0.482 e. The Morgan fingerprint density at radius 3 is 2.75 bits per heavy atom. The van der Waals surface area contributed by atoms with Crippen molar-refractivity contribution < 1.29 is 14.3 Å². The number of halogens is 1. The van der Waals surface area contributed by atoms with Crippen molar-refractivity contribution in [3.63, 3.8) is 0 Å². The number of amides is 1. The third-order valence-corrected chi connectivity index (χ3v) is 3.87. The highest BCUT2D eigenvalue weighted by Gasteiger charge is 2.12. The molecule has 2 aromatic rings. The number of nitrogens with one attached hydrogen (secondary N) is 1. The van der Waals surface area contributed by atoms with E-state index < -0.39 is 0 Å². The predicted octanol–water partition coefficient (Wildman–Crippen LogP) is 2.59. The average molecular weight is 348 g/mol. The number of carbonyl (C=O) groups is 1. The largest absolute Gasteiger partial charge is 0.482 e. The molecule has 0 saturated carbocycles. The van der Waals surface area contributed by atoms with Crippen molar-refractivity contribution in [2.24, 2.45) is 0 Å². The van der Waals surface area contributed by atoms with Crippen molar-refractivity contribution in [3.05, 3.63) is 47.6 Å². The number of carbonyl (C=O) groups excluding carboxylic acids is 1. The van der Waals surface area contributed by atoms with Crippen LogP contribution in [0.15, 0.2) is 42.6 Å². The Hall–Kier alpha value is -2.31. The first-order chi connectivity index (χ1) is 11.7. The molecule has 7 heteroatoms. The first-order valence-corrected chi connectivity index (χ1v) is 8.06. The van der Waals surface area contributed by atoms with Gasteiger partial charge in [0.05, 0.1) is 30.1 Å². The summed E-state index contributed by atoms with van der Waals surface area (Å²) < 4.78 is 10.7. The summed E-state index contributed by atoms with van der Waals surface area (Å²) in [6.45, 7) is 2.95. The second-order valence-electron chi connectivity index (χ2n) is 5.27. The van der Waals surface area contributed by atoms with Gasteiger partial charge in [0.15, 0.2) is 6.61 Å². The number of anilines is 2. The fourth-order valence-electron chi connectivity index (χ4n) is 2.34. The van der Waals surface area contributed by atoms with Crippen LogP contribution in [0.3, 0.4) is 0 Å². The zero-order chi connectivity index (χ0) is 16.8. The molecule has 1 aliphatic rings. The highest BCUT2D eigenvalue weighted by atomic mass is 35.5. The number of hydrogen-bond donors (Lipinski definition) is 1. The maximum absolute atomic E-state index is 11.9. The predicted molar refractivity (Wildman–Crippen MR) is 92.8 cm³/mol. The zero-order valence-electron chi connectivity index (χ0n) is 13.1. The van der Waals surface area contributed by atoms with Gasteiger partial charge >= 0.3 is 0 Å². The first-order valence-electron chi connectivity index (χ1n) is 7.68. The van der Waals surface area contributed by atoms with Gasteiger partial charge in [-0.25, -0.2) is 4.98 Å². The van der Waals surface area contributed by atoms with Crippen molar-refractivity contribution in [2.45, 2.75) is 0 Å². The first kappa shape index (κ1) is 16.5. The number of ether oxygens (including phenoxy) is 2. The summed E-state index contributed by atoms with van der Waals surface area (Å²) in [4.78, 5) is 18.5. The number of nitrogens with zero attached hydrogens (tertiary/aromatic N) is 2. The van der Waals surface area contributed by atoms with E-state index in [0.717, 1.165) is 18.9 Å². The summed E-state index contributed by atoms with van der Waals surface area (Å²) in [7, 11) is 0. The lowest BCUT2D eigenvalue weighted by Gasteiger charge is -2.27. The van der Waals surface area contributed by atoms with E-state index in [1.54, 1.807) is 30.5 Å². The molecule has 24 heavy (non-hydrogen) atoms. The lowest BCUT2D eigenvalue weighted by Crippen LogP contribution is -2.36. The number of benzene rings is 1. The number of morpholine rings is 1. The van der Waals surface area contributed by atoms with E-state index in [-0.39, 0.29) is 12.5 Å². The second kappa shape index (κ2) is 7.99.